The first-order valence-corrected chi connectivity index (χ1v) is 10.7. The van der Waals surface area contributed by atoms with Crippen LogP contribution in [-0.2, 0) is 0 Å². The Morgan fingerprint density at radius 2 is 0.857 bits per heavy atom. The van der Waals surface area contributed by atoms with Crippen LogP contribution < -0.4 is 0 Å². The zero-order chi connectivity index (χ0) is 18.8. The number of fused-ring (bicyclic) bond motifs is 4. The Hall–Kier alpha value is -3.08. The molecular formula is C24H12O2S2. The SMILES string of the molecule is O=C1c2ccccc2/C(=C2\c3ccccc3C(=O)c3sccc32)c2ccsc21. The average Bonchev–Trinajstić information content (AvgIpc) is 3.40. The lowest BCUT2D eigenvalue weighted by atomic mass is 9.76. The topological polar surface area (TPSA) is 34.1 Å². The molecule has 0 aliphatic heterocycles. The summed E-state index contributed by atoms with van der Waals surface area (Å²) >= 11 is 2.96. The zero-order valence-corrected chi connectivity index (χ0v) is 16.2. The summed E-state index contributed by atoms with van der Waals surface area (Å²) in [6, 6.07) is 19.6. The van der Waals surface area contributed by atoms with Gasteiger partial charge in [0.05, 0.1) is 9.75 Å². The highest BCUT2D eigenvalue weighted by molar-refractivity contribution is 7.13. The summed E-state index contributed by atoms with van der Waals surface area (Å²) in [7, 11) is 0. The molecule has 4 heteroatoms. The van der Waals surface area contributed by atoms with Gasteiger partial charge in [-0.25, -0.2) is 0 Å². The van der Waals surface area contributed by atoms with Crippen LogP contribution in [-0.4, -0.2) is 11.6 Å². The van der Waals surface area contributed by atoms with Crippen LogP contribution in [0.15, 0.2) is 71.4 Å². The van der Waals surface area contributed by atoms with Crippen LogP contribution in [0.5, 0.6) is 0 Å². The third kappa shape index (κ3) is 1.96. The van der Waals surface area contributed by atoms with Gasteiger partial charge in [0, 0.05) is 22.3 Å². The van der Waals surface area contributed by atoms with Crippen molar-refractivity contribution in [2.75, 3.05) is 0 Å². The molecule has 132 valence electrons. The summed E-state index contributed by atoms with van der Waals surface area (Å²) in [5.41, 5.74) is 7.36. The first-order chi connectivity index (χ1) is 13.8. The molecule has 0 atom stereocenters. The molecule has 2 aromatic carbocycles. The van der Waals surface area contributed by atoms with E-state index in [4.69, 9.17) is 0 Å². The van der Waals surface area contributed by atoms with Gasteiger partial charge >= 0.3 is 0 Å². The average molecular weight is 396 g/mol. The quantitative estimate of drug-likeness (QED) is 0.320. The van der Waals surface area contributed by atoms with Gasteiger partial charge in [0.1, 0.15) is 0 Å². The van der Waals surface area contributed by atoms with Crippen molar-refractivity contribution in [1.82, 2.24) is 0 Å². The highest BCUT2D eigenvalue weighted by Crippen LogP contribution is 2.48. The molecule has 0 radical (unpaired) electrons. The fourth-order valence-corrected chi connectivity index (χ4v) is 5.94. The van der Waals surface area contributed by atoms with Crippen LogP contribution in [0.4, 0.5) is 0 Å². The zero-order valence-electron chi connectivity index (χ0n) is 14.6. The standard InChI is InChI=1S/C24H12O2S2/c25-21-15-7-3-1-5-13(15)19(17-9-11-27-23(17)21)20-14-6-2-4-8-16(14)22(26)24-18(20)10-12-28-24/h1-12H/b20-19-. The number of benzene rings is 2. The van der Waals surface area contributed by atoms with Gasteiger partial charge in [-0.3, -0.25) is 9.59 Å². The van der Waals surface area contributed by atoms with Crippen molar-refractivity contribution >= 4 is 45.4 Å². The molecule has 0 saturated heterocycles. The number of thiophene rings is 2. The predicted octanol–water partition coefficient (Wildman–Crippen LogP) is 5.91. The minimum atomic E-state index is 0.0793. The Kier molecular flexibility index (Phi) is 3.25. The molecule has 4 aromatic rings. The number of ketones is 2. The van der Waals surface area contributed by atoms with Gasteiger partial charge in [-0.2, -0.15) is 0 Å². The Balaban J connectivity index is 1.82. The van der Waals surface area contributed by atoms with Gasteiger partial charge in [0.2, 0.25) is 11.6 Å². The van der Waals surface area contributed by atoms with E-state index in [9.17, 15) is 9.59 Å². The normalized spacial score (nSPS) is 17.0. The molecule has 0 unspecified atom stereocenters. The van der Waals surface area contributed by atoms with Crippen molar-refractivity contribution in [1.29, 1.82) is 0 Å². The minimum Gasteiger partial charge on any atom is -0.288 e. The minimum absolute atomic E-state index is 0.0793. The molecule has 2 nitrogen and oxygen atoms in total. The van der Waals surface area contributed by atoms with E-state index in [2.05, 4.69) is 0 Å². The molecule has 0 amide bonds. The molecular weight excluding hydrogens is 384 g/mol. The molecule has 0 saturated carbocycles. The van der Waals surface area contributed by atoms with E-state index in [1.807, 2.05) is 71.4 Å². The molecule has 6 rings (SSSR count). The van der Waals surface area contributed by atoms with Crippen LogP contribution in [0.1, 0.15) is 52.7 Å². The van der Waals surface area contributed by atoms with E-state index in [1.165, 1.54) is 22.7 Å². The van der Waals surface area contributed by atoms with Crippen LogP contribution in [0.3, 0.4) is 0 Å². The molecule has 0 spiro atoms. The molecule has 2 aliphatic carbocycles. The van der Waals surface area contributed by atoms with Gasteiger partial charge in [0.25, 0.3) is 0 Å². The molecule has 2 aliphatic rings. The second-order valence-corrected chi connectivity index (χ2v) is 8.66. The van der Waals surface area contributed by atoms with Crippen LogP contribution in [0.2, 0.25) is 0 Å². The molecule has 2 heterocycles. The second kappa shape index (κ2) is 5.71. The van der Waals surface area contributed by atoms with Crippen molar-refractivity contribution in [2.45, 2.75) is 0 Å². The highest BCUT2D eigenvalue weighted by Gasteiger charge is 2.35. The molecule has 0 bridgehead atoms. The smallest absolute Gasteiger partial charge is 0.204 e. The summed E-state index contributed by atoms with van der Waals surface area (Å²) in [5, 5.41) is 3.95. The van der Waals surface area contributed by atoms with E-state index in [1.54, 1.807) is 0 Å². The summed E-state index contributed by atoms with van der Waals surface area (Å²) in [4.78, 5) is 27.6. The lowest BCUT2D eigenvalue weighted by Crippen LogP contribution is -2.17. The third-order valence-corrected chi connectivity index (χ3v) is 7.24. The van der Waals surface area contributed by atoms with Gasteiger partial charge in [0.15, 0.2) is 0 Å². The molecule has 2 aromatic heterocycles. The lowest BCUT2D eigenvalue weighted by Gasteiger charge is -2.26. The van der Waals surface area contributed by atoms with Crippen molar-refractivity contribution in [3.8, 4) is 0 Å². The van der Waals surface area contributed by atoms with Crippen LogP contribution in [0, 0.1) is 0 Å². The molecule has 0 N–H and O–H groups in total. The highest BCUT2D eigenvalue weighted by atomic mass is 32.1. The number of carbonyl (C=O) groups is 2. The van der Waals surface area contributed by atoms with Crippen molar-refractivity contribution in [3.05, 3.63) is 115 Å². The predicted molar refractivity (Wildman–Crippen MR) is 113 cm³/mol. The van der Waals surface area contributed by atoms with Gasteiger partial charge in [-0.15, -0.1) is 22.7 Å². The summed E-state index contributed by atoms with van der Waals surface area (Å²) in [6.07, 6.45) is 0. The Morgan fingerprint density at radius 1 is 0.464 bits per heavy atom. The van der Waals surface area contributed by atoms with Gasteiger partial charge < -0.3 is 0 Å². The first kappa shape index (κ1) is 15.9. The third-order valence-electron chi connectivity index (χ3n) is 5.41. The van der Waals surface area contributed by atoms with E-state index >= 15 is 0 Å². The summed E-state index contributed by atoms with van der Waals surface area (Å²) in [5.74, 6) is 0.159. The van der Waals surface area contributed by atoms with E-state index < -0.39 is 0 Å². The van der Waals surface area contributed by atoms with E-state index in [0.717, 1.165) is 54.3 Å². The maximum Gasteiger partial charge on any atom is 0.204 e. The summed E-state index contributed by atoms with van der Waals surface area (Å²) < 4.78 is 0. The Labute approximate surface area is 169 Å². The Morgan fingerprint density at radius 3 is 1.29 bits per heavy atom. The van der Waals surface area contributed by atoms with Crippen molar-refractivity contribution < 1.29 is 9.59 Å². The van der Waals surface area contributed by atoms with Crippen LogP contribution >= 0.6 is 22.7 Å². The van der Waals surface area contributed by atoms with E-state index in [-0.39, 0.29) is 11.6 Å². The van der Waals surface area contributed by atoms with Gasteiger partial charge in [-0.1, -0.05) is 48.5 Å². The van der Waals surface area contributed by atoms with E-state index in [0.29, 0.717) is 0 Å². The van der Waals surface area contributed by atoms with Gasteiger partial charge in [-0.05, 0) is 45.2 Å². The number of rotatable bonds is 0. The number of carbonyl (C=O) groups excluding carboxylic acids is 2. The second-order valence-electron chi connectivity index (χ2n) is 6.83. The number of hydrogen-bond acceptors (Lipinski definition) is 4. The Bertz CT molecular complexity index is 1250. The number of hydrogen-bond donors (Lipinski definition) is 0. The fourth-order valence-electron chi connectivity index (χ4n) is 4.24. The lowest BCUT2D eigenvalue weighted by molar-refractivity contribution is 0.103. The largest absolute Gasteiger partial charge is 0.288 e. The van der Waals surface area contributed by atoms with Crippen molar-refractivity contribution in [2.24, 2.45) is 0 Å². The molecule has 28 heavy (non-hydrogen) atoms. The van der Waals surface area contributed by atoms with Crippen LogP contribution in [0.25, 0.3) is 11.1 Å². The maximum absolute atomic E-state index is 13.0. The fraction of sp³-hybridized carbons (Fsp3) is 0. The monoisotopic (exact) mass is 396 g/mol. The molecule has 0 fully saturated rings. The maximum atomic E-state index is 13.0. The van der Waals surface area contributed by atoms with Crippen molar-refractivity contribution in [3.63, 3.8) is 0 Å². The summed E-state index contributed by atoms with van der Waals surface area (Å²) in [6.45, 7) is 0. The first-order valence-electron chi connectivity index (χ1n) is 8.94.